The second-order valence-electron chi connectivity index (χ2n) is 7.73. The van der Waals surface area contributed by atoms with E-state index in [1.165, 1.54) is 26.0 Å². The molecule has 0 fully saturated rings. The molecule has 2 N–H and O–H groups in total. The SMILES string of the molecule is CC(C)(COc1cc(C(F)(F)F)ccc1-c1cc(=O)c2cccc(Cl)c2o1)NC(=O)C(=O)O. The normalized spacial score (nSPS) is 11.9. The number of halogens is 4. The van der Waals surface area contributed by atoms with Crippen LogP contribution in [0.4, 0.5) is 13.2 Å². The van der Waals surface area contributed by atoms with Gasteiger partial charge in [0, 0.05) is 6.07 Å². The molecule has 0 aliphatic heterocycles. The van der Waals surface area contributed by atoms with Gasteiger partial charge >= 0.3 is 18.1 Å². The number of aliphatic carboxylic acids is 1. The van der Waals surface area contributed by atoms with Crippen molar-refractivity contribution in [3.8, 4) is 17.1 Å². The van der Waals surface area contributed by atoms with Crippen LogP contribution in [-0.2, 0) is 15.8 Å². The minimum absolute atomic E-state index is 0.0299. The highest BCUT2D eigenvalue weighted by atomic mass is 35.5. The van der Waals surface area contributed by atoms with Gasteiger partial charge in [-0.15, -0.1) is 0 Å². The standard InChI is InChI=1S/C22H17ClF3NO6/c1-21(2,27-19(29)20(30)31)10-32-16-8-11(22(24,25)26)6-7-13(16)17-9-15(28)12-4-3-5-14(23)18(12)33-17/h3-9H,10H2,1-2H3,(H,27,29)(H,30,31). The van der Waals surface area contributed by atoms with Crippen molar-refractivity contribution in [3.63, 3.8) is 0 Å². The average molecular weight is 484 g/mol. The Hall–Kier alpha value is -3.53. The smallest absolute Gasteiger partial charge is 0.416 e. The molecule has 2 aromatic carbocycles. The van der Waals surface area contributed by atoms with Crippen molar-refractivity contribution in [1.82, 2.24) is 5.32 Å². The Kier molecular flexibility index (Phi) is 6.42. The van der Waals surface area contributed by atoms with Gasteiger partial charge in [-0.05, 0) is 44.2 Å². The van der Waals surface area contributed by atoms with E-state index < -0.39 is 34.6 Å². The van der Waals surface area contributed by atoms with E-state index in [-0.39, 0.29) is 39.7 Å². The number of benzene rings is 2. The van der Waals surface area contributed by atoms with E-state index in [0.717, 1.165) is 24.3 Å². The maximum absolute atomic E-state index is 13.3. The van der Waals surface area contributed by atoms with Crippen molar-refractivity contribution < 1.29 is 37.0 Å². The fourth-order valence-electron chi connectivity index (χ4n) is 2.95. The molecule has 0 aliphatic rings. The second kappa shape index (κ2) is 8.78. The molecule has 1 aromatic heterocycles. The van der Waals surface area contributed by atoms with Crippen molar-refractivity contribution in [2.45, 2.75) is 25.6 Å². The van der Waals surface area contributed by atoms with Crippen molar-refractivity contribution >= 4 is 34.4 Å². The molecule has 7 nitrogen and oxygen atoms in total. The highest BCUT2D eigenvalue weighted by Gasteiger charge is 2.32. The first kappa shape index (κ1) is 24.1. The number of carboxylic acids is 1. The van der Waals surface area contributed by atoms with Gasteiger partial charge in [0.25, 0.3) is 0 Å². The highest BCUT2D eigenvalue weighted by molar-refractivity contribution is 6.34. The number of amides is 1. The minimum atomic E-state index is -4.68. The lowest BCUT2D eigenvalue weighted by molar-refractivity contribution is -0.151. The van der Waals surface area contributed by atoms with Crippen LogP contribution < -0.4 is 15.5 Å². The fourth-order valence-corrected chi connectivity index (χ4v) is 3.17. The summed E-state index contributed by atoms with van der Waals surface area (Å²) in [5, 5.41) is 11.3. The van der Waals surface area contributed by atoms with Crippen molar-refractivity contribution in [3.05, 3.63) is 63.3 Å². The lowest BCUT2D eigenvalue weighted by Crippen LogP contribution is -2.50. The molecule has 174 valence electrons. The minimum Gasteiger partial charge on any atom is -0.490 e. The van der Waals surface area contributed by atoms with Crippen LogP contribution in [0.1, 0.15) is 19.4 Å². The largest absolute Gasteiger partial charge is 0.490 e. The molecule has 11 heteroatoms. The quantitative estimate of drug-likeness (QED) is 0.518. The Morgan fingerprint density at radius 2 is 1.85 bits per heavy atom. The van der Waals surface area contributed by atoms with Gasteiger partial charge in [0.05, 0.1) is 27.1 Å². The van der Waals surface area contributed by atoms with Crippen molar-refractivity contribution in [2.24, 2.45) is 0 Å². The first-order valence-electron chi connectivity index (χ1n) is 9.41. The first-order chi connectivity index (χ1) is 15.3. The molecule has 0 unspecified atom stereocenters. The number of ether oxygens (including phenoxy) is 1. The molecule has 1 amide bonds. The average Bonchev–Trinajstić information content (AvgIpc) is 2.71. The molecule has 1 heterocycles. The molecule has 0 spiro atoms. The van der Waals surface area contributed by atoms with E-state index in [4.69, 9.17) is 25.9 Å². The summed E-state index contributed by atoms with van der Waals surface area (Å²) in [7, 11) is 0. The van der Waals surface area contributed by atoms with E-state index in [2.05, 4.69) is 5.32 Å². The monoisotopic (exact) mass is 483 g/mol. The molecule has 33 heavy (non-hydrogen) atoms. The third kappa shape index (κ3) is 5.46. The van der Waals surface area contributed by atoms with Crippen LogP contribution in [-0.4, -0.2) is 29.1 Å². The Morgan fingerprint density at radius 1 is 1.15 bits per heavy atom. The van der Waals surface area contributed by atoms with Crippen LogP contribution in [0.25, 0.3) is 22.3 Å². The van der Waals surface area contributed by atoms with E-state index in [0.29, 0.717) is 0 Å². The number of hydrogen-bond acceptors (Lipinski definition) is 5. The molecule has 0 atom stereocenters. The summed E-state index contributed by atoms with van der Waals surface area (Å²) in [5.74, 6) is -3.41. The zero-order valence-corrected chi connectivity index (χ0v) is 18.0. The van der Waals surface area contributed by atoms with E-state index in [9.17, 15) is 27.6 Å². The van der Waals surface area contributed by atoms with Gasteiger partial charge in [-0.3, -0.25) is 9.59 Å². The van der Waals surface area contributed by atoms with E-state index in [1.807, 2.05) is 0 Å². The predicted octanol–water partition coefficient (Wildman–Crippen LogP) is 4.49. The maximum atomic E-state index is 13.3. The maximum Gasteiger partial charge on any atom is 0.416 e. The molecule has 0 bridgehead atoms. The summed E-state index contributed by atoms with van der Waals surface area (Å²) < 4.78 is 51.1. The molecular weight excluding hydrogens is 467 g/mol. The summed E-state index contributed by atoms with van der Waals surface area (Å²) in [5.41, 5.74) is -2.65. The van der Waals surface area contributed by atoms with Gasteiger partial charge in [0.2, 0.25) is 0 Å². The Morgan fingerprint density at radius 3 is 2.48 bits per heavy atom. The molecule has 0 aliphatic carbocycles. The van der Waals surface area contributed by atoms with Gasteiger partial charge < -0.3 is 19.6 Å². The van der Waals surface area contributed by atoms with Crippen LogP contribution in [0, 0.1) is 0 Å². The number of para-hydroxylation sites is 1. The number of fused-ring (bicyclic) bond motifs is 1. The van der Waals surface area contributed by atoms with Crippen molar-refractivity contribution in [2.75, 3.05) is 6.61 Å². The van der Waals surface area contributed by atoms with Gasteiger partial charge in [-0.1, -0.05) is 17.7 Å². The lowest BCUT2D eigenvalue weighted by Gasteiger charge is -2.26. The van der Waals surface area contributed by atoms with Gasteiger partial charge in [0.15, 0.2) is 11.0 Å². The van der Waals surface area contributed by atoms with E-state index in [1.54, 1.807) is 6.07 Å². The molecular formula is C22H17ClF3NO6. The molecule has 0 radical (unpaired) electrons. The summed E-state index contributed by atoms with van der Waals surface area (Å²) in [6, 6.07) is 8.26. The van der Waals surface area contributed by atoms with Crippen LogP contribution in [0.5, 0.6) is 5.75 Å². The number of hydrogen-bond donors (Lipinski definition) is 2. The van der Waals surface area contributed by atoms with E-state index >= 15 is 0 Å². The van der Waals surface area contributed by atoms with Crippen LogP contribution >= 0.6 is 11.6 Å². The molecule has 0 saturated heterocycles. The summed E-state index contributed by atoms with van der Waals surface area (Å²) in [6.45, 7) is 2.47. The number of alkyl halides is 3. The zero-order chi connectivity index (χ0) is 24.6. The lowest BCUT2D eigenvalue weighted by atomic mass is 10.0. The number of rotatable bonds is 5. The van der Waals surface area contributed by atoms with Gasteiger partial charge in [0.1, 0.15) is 18.1 Å². The molecule has 0 saturated carbocycles. The predicted molar refractivity (Wildman–Crippen MR) is 113 cm³/mol. The molecule has 3 rings (SSSR count). The number of carbonyl (C=O) groups excluding carboxylic acids is 1. The first-order valence-corrected chi connectivity index (χ1v) is 9.78. The Labute approximate surface area is 189 Å². The second-order valence-corrected chi connectivity index (χ2v) is 8.14. The number of carbonyl (C=O) groups is 2. The Balaban J connectivity index is 2.07. The third-order valence-corrected chi connectivity index (χ3v) is 4.81. The summed E-state index contributed by atoms with van der Waals surface area (Å²) >= 11 is 6.11. The highest BCUT2D eigenvalue weighted by Crippen LogP contribution is 2.38. The molecule has 3 aromatic rings. The number of carboxylic acid groups (broad SMARTS) is 1. The zero-order valence-electron chi connectivity index (χ0n) is 17.2. The summed E-state index contributed by atoms with van der Waals surface area (Å²) in [4.78, 5) is 34.8. The van der Waals surface area contributed by atoms with Crippen LogP contribution in [0.3, 0.4) is 0 Å². The van der Waals surface area contributed by atoms with Gasteiger partial charge in [-0.25, -0.2) is 4.79 Å². The van der Waals surface area contributed by atoms with Crippen LogP contribution in [0.2, 0.25) is 5.02 Å². The van der Waals surface area contributed by atoms with Gasteiger partial charge in [-0.2, -0.15) is 13.2 Å². The fraction of sp³-hybridized carbons (Fsp3) is 0.227. The van der Waals surface area contributed by atoms with Crippen molar-refractivity contribution in [1.29, 1.82) is 0 Å². The third-order valence-electron chi connectivity index (χ3n) is 4.52. The van der Waals surface area contributed by atoms with Crippen LogP contribution in [0.15, 0.2) is 51.7 Å². The number of nitrogens with one attached hydrogen (secondary N) is 1. The Bertz CT molecular complexity index is 1300. The summed E-state index contributed by atoms with van der Waals surface area (Å²) in [6.07, 6.45) is -4.68. The topological polar surface area (TPSA) is 106 Å².